The Kier molecular flexibility index (Phi) is 4.63. The van der Waals surface area contributed by atoms with Crippen LogP contribution >= 0.6 is 11.3 Å². The SMILES string of the molecule is CCNS(=O)(=O)C1CCN(Cc2cnc(C3CCC3)s2)C1. The van der Waals surface area contributed by atoms with Crippen LogP contribution in [0.3, 0.4) is 0 Å². The minimum absolute atomic E-state index is 0.267. The Hall–Kier alpha value is -0.500. The van der Waals surface area contributed by atoms with Gasteiger partial charge < -0.3 is 0 Å². The molecule has 3 rings (SSSR count). The molecule has 0 spiro atoms. The summed E-state index contributed by atoms with van der Waals surface area (Å²) in [6.07, 6.45) is 6.59. The van der Waals surface area contributed by atoms with Gasteiger partial charge in [0.2, 0.25) is 10.0 Å². The molecule has 21 heavy (non-hydrogen) atoms. The first-order valence-corrected chi connectivity index (χ1v) is 10.1. The number of hydrogen-bond donors (Lipinski definition) is 1. The van der Waals surface area contributed by atoms with Gasteiger partial charge in [-0.15, -0.1) is 11.3 Å². The lowest BCUT2D eigenvalue weighted by molar-refractivity contribution is 0.334. The van der Waals surface area contributed by atoms with Crippen molar-refractivity contribution in [2.75, 3.05) is 19.6 Å². The van der Waals surface area contributed by atoms with E-state index in [1.54, 1.807) is 11.3 Å². The summed E-state index contributed by atoms with van der Waals surface area (Å²) < 4.78 is 26.7. The van der Waals surface area contributed by atoms with Gasteiger partial charge in [-0.1, -0.05) is 13.3 Å². The van der Waals surface area contributed by atoms with Gasteiger partial charge in [0.1, 0.15) is 0 Å². The Bertz CT molecular complexity index is 581. The molecule has 0 amide bonds. The van der Waals surface area contributed by atoms with Crippen LogP contribution in [0.5, 0.6) is 0 Å². The van der Waals surface area contributed by atoms with Crippen LogP contribution in [0.1, 0.15) is 48.4 Å². The molecule has 2 heterocycles. The zero-order valence-corrected chi connectivity index (χ0v) is 14.0. The summed E-state index contributed by atoms with van der Waals surface area (Å²) in [5, 5.41) is 1.00. The Morgan fingerprint density at radius 1 is 1.43 bits per heavy atom. The van der Waals surface area contributed by atoms with E-state index in [9.17, 15) is 8.42 Å². The van der Waals surface area contributed by atoms with E-state index in [1.165, 1.54) is 29.1 Å². The van der Waals surface area contributed by atoms with Crippen LogP contribution in [0.4, 0.5) is 0 Å². The summed E-state index contributed by atoms with van der Waals surface area (Å²) in [5.41, 5.74) is 0. The van der Waals surface area contributed by atoms with Gasteiger partial charge in [-0.2, -0.15) is 0 Å². The van der Waals surface area contributed by atoms with Crippen LogP contribution in [0.2, 0.25) is 0 Å². The van der Waals surface area contributed by atoms with E-state index in [-0.39, 0.29) is 5.25 Å². The summed E-state index contributed by atoms with van der Waals surface area (Å²) in [6, 6.07) is 0. The second-order valence-electron chi connectivity index (χ2n) is 5.98. The second-order valence-corrected chi connectivity index (χ2v) is 9.17. The Labute approximate surface area is 130 Å². The highest BCUT2D eigenvalue weighted by Gasteiger charge is 2.32. The topological polar surface area (TPSA) is 62.3 Å². The van der Waals surface area contributed by atoms with Crippen molar-refractivity contribution < 1.29 is 8.42 Å². The van der Waals surface area contributed by atoms with Crippen LogP contribution < -0.4 is 4.72 Å². The monoisotopic (exact) mass is 329 g/mol. The van der Waals surface area contributed by atoms with Crippen molar-refractivity contribution in [3.63, 3.8) is 0 Å². The third kappa shape index (κ3) is 3.47. The number of aromatic nitrogens is 1. The molecule has 1 aliphatic heterocycles. The predicted octanol–water partition coefficient (Wildman–Crippen LogP) is 1.92. The molecule has 1 N–H and O–H groups in total. The van der Waals surface area contributed by atoms with Crippen LogP contribution in [-0.2, 0) is 16.6 Å². The quantitative estimate of drug-likeness (QED) is 0.866. The number of nitrogens with one attached hydrogen (secondary N) is 1. The molecule has 0 aromatic carbocycles. The van der Waals surface area contributed by atoms with Gasteiger partial charge in [0, 0.05) is 36.6 Å². The van der Waals surface area contributed by atoms with Gasteiger partial charge in [0.25, 0.3) is 0 Å². The minimum Gasteiger partial charge on any atom is -0.297 e. The number of nitrogens with zero attached hydrogens (tertiary/aromatic N) is 2. The van der Waals surface area contributed by atoms with E-state index in [0.29, 0.717) is 19.0 Å². The molecule has 0 radical (unpaired) electrons. The number of sulfonamides is 1. The third-order valence-corrected chi connectivity index (χ3v) is 7.52. The molecule has 1 aromatic heterocycles. The van der Waals surface area contributed by atoms with Gasteiger partial charge in [0.15, 0.2) is 0 Å². The maximum Gasteiger partial charge on any atom is 0.215 e. The largest absolute Gasteiger partial charge is 0.297 e. The highest BCUT2D eigenvalue weighted by molar-refractivity contribution is 7.90. The summed E-state index contributed by atoms with van der Waals surface area (Å²) in [4.78, 5) is 8.03. The summed E-state index contributed by atoms with van der Waals surface area (Å²) >= 11 is 1.80. The fourth-order valence-corrected chi connectivity index (χ4v) is 5.56. The molecule has 1 aliphatic carbocycles. The first-order valence-electron chi connectivity index (χ1n) is 7.74. The van der Waals surface area contributed by atoms with Gasteiger partial charge in [-0.3, -0.25) is 4.90 Å². The van der Waals surface area contributed by atoms with Gasteiger partial charge in [0.05, 0.1) is 10.3 Å². The van der Waals surface area contributed by atoms with Crippen LogP contribution in [0.15, 0.2) is 6.20 Å². The molecule has 1 aromatic rings. The van der Waals surface area contributed by atoms with Crippen molar-refractivity contribution in [2.24, 2.45) is 0 Å². The highest BCUT2D eigenvalue weighted by atomic mass is 32.2. The molecule has 7 heteroatoms. The number of thiazole rings is 1. The maximum atomic E-state index is 12.0. The number of hydrogen-bond acceptors (Lipinski definition) is 5. The van der Waals surface area contributed by atoms with E-state index < -0.39 is 10.0 Å². The van der Waals surface area contributed by atoms with Crippen molar-refractivity contribution in [1.29, 1.82) is 0 Å². The second kappa shape index (κ2) is 6.32. The molecular weight excluding hydrogens is 306 g/mol. The van der Waals surface area contributed by atoms with Gasteiger partial charge in [-0.05, 0) is 25.8 Å². The lowest BCUT2D eigenvalue weighted by Crippen LogP contribution is -2.36. The van der Waals surface area contributed by atoms with E-state index in [1.807, 2.05) is 13.1 Å². The Balaban J connectivity index is 1.56. The van der Waals surface area contributed by atoms with Gasteiger partial charge >= 0.3 is 0 Å². The standard InChI is InChI=1S/C14H23N3O2S2/c1-2-16-21(18,19)13-6-7-17(10-13)9-12-8-15-14(20-12)11-4-3-5-11/h8,11,13,16H,2-7,9-10H2,1H3. The summed E-state index contributed by atoms with van der Waals surface area (Å²) in [6.45, 7) is 4.61. The summed E-state index contributed by atoms with van der Waals surface area (Å²) in [5.74, 6) is 0.684. The average Bonchev–Trinajstić information content (AvgIpc) is 2.98. The zero-order valence-electron chi connectivity index (χ0n) is 12.4. The third-order valence-electron chi connectivity index (χ3n) is 4.42. The minimum atomic E-state index is -3.14. The molecule has 1 atom stereocenters. The normalized spacial score (nSPS) is 24.3. The van der Waals surface area contributed by atoms with Crippen molar-refractivity contribution in [1.82, 2.24) is 14.6 Å². The molecule has 5 nitrogen and oxygen atoms in total. The lowest BCUT2D eigenvalue weighted by atomic mass is 9.86. The van der Waals surface area contributed by atoms with Crippen molar-refractivity contribution >= 4 is 21.4 Å². The predicted molar refractivity (Wildman–Crippen MR) is 85.0 cm³/mol. The lowest BCUT2D eigenvalue weighted by Gasteiger charge is -2.22. The smallest absolute Gasteiger partial charge is 0.215 e. The molecule has 1 saturated carbocycles. The Morgan fingerprint density at radius 2 is 2.24 bits per heavy atom. The first kappa shape index (κ1) is 15.4. The average molecular weight is 329 g/mol. The Morgan fingerprint density at radius 3 is 2.90 bits per heavy atom. The van der Waals surface area contributed by atoms with Crippen molar-refractivity contribution in [3.8, 4) is 0 Å². The van der Waals surface area contributed by atoms with E-state index >= 15 is 0 Å². The first-order chi connectivity index (χ1) is 10.1. The summed E-state index contributed by atoms with van der Waals surface area (Å²) in [7, 11) is -3.14. The van der Waals surface area contributed by atoms with E-state index in [0.717, 1.165) is 19.5 Å². The number of rotatable bonds is 6. The van der Waals surface area contributed by atoms with E-state index in [4.69, 9.17) is 0 Å². The number of likely N-dealkylation sites (tertiary alicyclic amines) is 1. The van der Waals surface area contributed by atoms with Crippen LogP contribution in [0.25, 0.3) is 0 Å². The van der Waals surface area contributed by atoms with Crippen LogP contribution in [0, 0.1) is 0 Å². The zero-order chi connectivity index (χ0) is 14.9. The fraction of sp³-hybridized carbons (Fsp3) is 0.786. The van der Waals surface area contributed by atoms with Crippen LogP contribution in [-0.4, -0.2) is 43.2 Å². The fourth-order valence-electron chi connectivity index (χ4n) is 2.97. The molecule has 2 fully saturated rings. The molecule has 1 saturated heterocycles. The van der Waals surface area contributed by atoms with E-state index in [2.05, 4.69) is 14.6 Å². The highest BCUT2D eigenvalue weighted by Crippen LogP contribution is 2.38. The molecule has 0 bridgehead atoms. The molecular formula is C14H23N3O2S2. The molecule has 118 valence electrons. The van der Waals surface area contributed by atoms with Crippen molar-refractivity contribution in [2.45, 2.75) is 50.3 Å². The molecule has 2 aliphatic rings. The van der Waals surface area contributed by atoms with Crippen molar-refractivity contribution in [3.05, 3.63) is 16.1 Å². The molecule has 1 unspecified atom stereocenters. The maximum absolute atomic E-state index is 12.0. The van der Waals surface area contributed by atoms with Gasteiger partial charge in [-0.25, -0.2) is 18.1 Å².